The molecule has 6 aromatic carbocycles. The number of aliphatic hydroxyl groups is 3. The second-order valence-electron chi connectivity index (χ2n) is 17.3. The van der Waals surface area contributed by atoms with Gasteiger partial charge in [-0.2, -0.15) is 15.3 Å². The van der Waals surface area contributed by atoms with E-state index in [-0.39, 0.29) is 62.2 Å². The van der Waals surface area contributed by atoms with Crippen molar-refractivity contribution in [1.82, 2.24) is 16.3 Å². The average Bonchev–Trinajstić information content (AvgIpc) is 3.63. The molecule has 450 valence electrons. The summed E-state index contributed by atoms with van der Waals surface area (Å²) in [5, 5.41) is 68.0. The van der Waals surface area contributed by atoms with Crippen molar-refractivity contribution < 1.29 is 73.4 Å². The van der Waals surface area contributed by atoms with Gasteiger partial charge in [-0.05, 0) is 127 Å². The van der Waals surface area contributed by atoms with Crippen molar-refractivity contribution in [3.63, 3.8) is 0 Å². The predicted molar refractivity (Wildman–Crippen MR) is 330 cm³/mol. The summed E-state index contributed by atoms with van der Waals surface area (Å²) in [4.78, 5) is 36.4. The fourth-order valence-corrected chi connectivity index (χ4v) is 7.80. The molecule has 0 spiro atoms. The maximum atomic E-state index is 12.2. The van der Waals surface area contributed by atoms with Crippen molar-refractivity contribution in [2.24, 2.45) is 15.3 Å². The summed E-state index contributed by atoms with van der Waals surface area (Å²) in [6.07, 6.45) is 16.3. The number of hydrazone groups is 3. The highest BCUT2D eigenvalue weighted by atomic mass is 35.5. The van der Waals surface area contributed by atoms with Crippen molar-refractivity contribution >= 4 is 89.4 Å². The Morgan fingerprint density at radius 3 is 1.11 bits per heavy atom. The summed E-state index contributed by atoms with van der Waals surface area (Å²) in [6.45, 7) is 1.85. The number of benzene rings is 6. The van der Waals surface area contributed by atoms with Gasteiger partial charge in [-0.15, -0.1) is 0 Å². The molecule has 9 N–H and O–H groups in total. The molecule has 0 aliphatic heterocycles. The zero-order valence-corrected chi connectivity index (χ0v) is 49.6. The zero-order chi connectivity index (χ0) is 62.4. The lowest BCUT2D eigenvalue weighted by Gasteiger charge is -2.12. The van der Waals surface area contributed by atoms with Crippen LogP contribution in [0.3, 0.4) is 0 Å². The third-order valence-corrected chi connectivity index (χ3v) is 12.4. The van der Waals surface area contributed by atoms with Crippen LogP contribution in [0.4, 0.5) is 0 Å². The summed E-state index contributed by atoms with van der Waals surface area (Å²) in [5.74, 6) is 1.39. The lowest BCUT2D eigenvalue weighted by atomic mass is 10.1. The molecule has 0 aromatic heterocycles. The highest BCUT2D eigenvalue weighted by Crippen LogP contribution is 2.36. The van der Waals surface area contributed by atoms with E-state index in [1.165, 1.54) is 109 Å². The summed E-state index contributed by atoms with van der Waals surface area (Å²) in [6, 6.07) is 22.9. The van der Waals surface area contributed by atoms with Gasteiger partial charge in [-0.25, -0.2) is 16.3 Å². The molecule has 0 bridgehead atoms. The van der Waals surface area contributed by atoms with Crippen LogP contribution in [-0.2, 0) is 0 Å². The van der Waals surface area contributed by atoms with Crippen molar-refractivity contribution in [3.8, 4) is 51.7 Å². The molecule has 0 fully saturated rings. The SMILES string of the molecule is CCC(O)C/C=C/c1cc(/C=N/NC(=O)c2ccc(O)c(Cl)c2)cc(OC)c1OC.COc1cc(/C=N/NC(=O)c2ccc(O)c(Cl)c2)cc(/C=C/CCO)c1OC.COc1cc(/C=N/NC(=O)c2ccc(O)c(Cl)c2)cc(/C=C/CO)c1OC. The van der Waals surface area contributed by atoms with Gasteiger partial charge in [0, 0.05) is 40.0 Å². The van der Waals surface area contributed by atoms with Gasteiger partial charge in [0.2, 0.25) is 0 Å². The number of methoxy groups -OCH3 is 6. The second-order valence-corrected chi connectivity index (χ2v) is 18.6. The van der Waals surface area contributed by atoms with E-state index < -0.39 is 23.8 Å². The van der Waals surface area contributed by atoms with Crippen LogP contribution in [0, 0.1) is 0 Å². The third-order valence-electron chi connectivity index (χ3n) is 11.5. The monoisotopic (exact) mass is 1230 g/mol. The summed E-state index contributed by atoms with van der Waals surface area (Å²) in [7, 11) is 9.17. The van der Waals surface area contributed by atoms with Crippen molar-refractivity contribution in [2.45, 2.75) is 32.3 Å². The second kappa shape index (κ2) is 35.8. The van der Waals surface area contributed by atoms with Crippen LogP contribution in [0.1, 0.15) is 90.6 Å². The number of carbonyl (C=O) groups excluding carboxylic acids is 3. The van der Waals surface area contributed by atoms with Gasteiger partial charge in [0.15, 0.2) is 34.5 Å². The number of rotatable bonds is 24. The Labute approximate surface area is 506 Å². The van der Waals surface area contributed by atoms with E-state index in [0.29, 0.717) is 76.0 Å². The van der Waals surface area contributed by atoms with Crippen LogP contribution in [0.15, 0.2) is 125 Å². The van der Waals surface area contributed by atoms with Gasteiger partial charge < -0.3 is 59.1 Å². The minimum absolute atomic E-state index is 0.0460. The molecule has 21 nitrogen and oxygen atoms in total. The van der Waals surface area contributed by atoms with E-state index >= 15 is 0 Å². The molecule has 0 radical (unpaired) electrons. The van der Waals surface area contributed by atoms with Crippen molar-refractivity contribution in [2.75, 3.05) is 55.9 Å². The number of nitrogens with one attached hydrogen (secondary N) is 3. The van der Waals surface area contributed by atoms with Crippen LogP contribution < -0.4 is 44.7 Å². The molecule has 1 unspecified atom stereocenters. The molecular weight excluding hydrogens is 1160 g/mol. The van der Waals surface area contributed by atoms with E-state index in [4.69, 9.17) is 73.4 Å². The molecule has 0 heterocycles. The topological polar surface area (TPSA) is 301 Å². The number of phenols is 3. The van der Waals surface area contributed by atoms with Gasteiger partial charge in [0.25, 0.3) is 17.7 Å². The number of ether oxygens (including phenoxy) is 6. The van der Waals surface area contributed by atoms with E-state index in [2.05, 4.69) is 31.6 Å². The maximum absolute atomic E-state index is 12.2. The fraction of sp³-hybridized carbons (Fsp3) is 0.213. The number of carbonyl (C=O) groups is 3. The predicted octanol–water partition coefficient (Wildman–Crippen LogP) is 10.1. The molecule has 0 saturated heterocycles. The quantitative estimate of drug-likeness (QED) is 0.0201. The first-order valence-electron chi connectivity index (χ1n) is 25.5. The molecule has 0 aliphatic rings. The van der Waals surface area contributed by atoms with E-state index in [1.54, 1.807) is 43.5 Å². The van der Waals surface area contributed by atoms with Crippen molar-refractivity contribution in [1.29, 1.82) is 0 Å². The first-order valence-corrected chi connectivity index (χ1v) is 26.7. The number of amides is 3. The minimum Gasteiger partial charge on any atom is -0.506 e. The Hall–Kier alpha value is -9.09. The van der Waals surface area contributed by atoms with Crippen LogP contribution in [-0.4, -0.2) is 129 Å². The number of aliphatic hydroxyl groups excluding tert-OH is 3. The summed E-state index contributed by atoms with van der Waals surface area (Å²) >= 11 is 17.4. The molecule has 0 aliphatic carbocycles. The van der Waals surface area contributed by atoms with Crippen LogP contribution in [0.5, 0.6) is 51.7 Å². The number of nitrogens with zero attached hydrogens (tertiary/aromatic N) is 3. The Bertz CT molecular complexity index is 3430. The van der Waals surface area contributed by atoms with E-state index in [9.17, 15) is 34.8 Å². The molecule has 0 saturated carbocycles. The van der Waals surface area contributed by atoms with Gasteiger partial charge in [0.05, 0.1) is 89.1 Å². The standard InChI is InChI=1S/C22H25ClN2O5.C20H21ClN2O5.C19H19ClN2O5/c1-4-17(26)7-5-6-15-10-14(11-20(29-2)21(15)30-3)13-24-25-22(28)16-8-9-19(27)18(23)12-16;1-27-18-10-13(9-14(19(18)28-2)5-3-4-8-24)12-22-23-20(26)15-6-7-17(25)16(21)11-15;1-26-17-9-12(8-13(4-3-7-23)18(17)27-2)11-21-22-19(25)14-5-6-16(24)15(20)10-14/h5-6,8-13,17,26-27H,4,7H2,1-3H3,(H,25,28);3,5-7,9-12,24-25H,4,8H2,1-2H3,(H,23,26);3-6,8-11,23-24H,7H2,1-2H3,(H,22,25)/b6-5+,24-13+;5-3+,22-12+;4-3+,21-11+. The number of halogens is 3. The number of aromatic hydroxyl groups is 3. The van der Waals surface area contributed by atoms with Crippen LogP contribution in [0.25, 0.3) is 18.2 Å². The molecule has 24 heteroatoms. The Kier molecular flexibility index (Phi) is 28.8. The van der Waals surface area contributed by atoms with E-state index in [0.717, 1.165) is 11.1 Å². The molecule has 6 aromatic rings. The largest absolute Gasteiger partial charge is 0.506 e. The first kappa shape index (κ1) is 68.4. The van der Waals surface area contributed by atoms with Crippen molar-refractivity contribution in [3.05, 3.63) is 174 Å². The van der Waals surface area contributed by atoms with Crippen LogP contribution >= 0.6 is 34.8 Å². The average molecular weight is 1230 g/mol. The normalized spacial score (nSPS) is 11.5. The van der Waals surface area contributed by atoms with Gasteiger partial charge >= 0.3 is 0 Å². The fourth-order valence-electron chi connectivity index (χ4n) is 7.26. The molecule has 1 atom stereocenters. The lowest BCUT2D eigenvalue weighted by Crippen LogP contribution is -2.17. The molecule has 85 heavy (non-hydrogen) atoms. The minimum atomic E-state index is -0.478. The Balaban J connectivity index is 0.000000274. The Morgan fingerprint density at radius 2 is 0.824 bits per heavy atom. The number of hydrogen-bond acceptors (Lipinski definition) is 18. The van der Waals surface area contributed by atoms with Gasteiger partial charge in [-0.1, -0.05) is 78.2 Å². The highest BCUT2D eigenvalue weighted by molar-refractivity contribution is 6.33. The van der Waals surface area contributed by atoms with Gasteiger partial charge in [-0.3, -0.25) is 14.4 Å². The summed E-state index contributed by atoms with van der Waals surface area (Å²) < 4.78 is 32.2. The smallest absolute Gasteiger partial charge is 0.271 e. The lowest BCUT2D eigenvalue weighted by molar-refractivity contribution is 0.0947. The summed E-state index contributed by atoms with van der Waals surface area (Å²) in [5.41, 5.74) is 12.1. The highest BCUT2D eigenvalue weighted by Gasteiger charge is 2.15. The maximum Gasteiger partial charge on any atom is 0.271 e. The number of hydrogen-bond donors (Lipinski definition) is 9. The number of phenolic OH excluding ortho intramolecular Hbond substituents is 3. The Morgan fingerprint density at radius 1 is 0.494 bits per heavy atom. The van der Waals surface area contributed by atoms with Crippen LogP contribution in [0.2, 0.25) is 15.1 Å². The zero-order valence-electron chi connectivity index (χ0n) is 47.3. The first-order chi connectivity index (χ1) is 40.9. The molecule has 3 amide bonds. The van der Waals surface area contributed by atoms with E-state index in [1.807, 2.05) is 43.4 Å². The van der Waals surface area contributed by atoms with Gasteiger partial charge in [0.1, 0.15) is 17.2 Å². The molecule has 6 rings (SSSR count). The molecular formula is C61H65Cl3N6O15. The third kappa shape index (κ3) is 21.2.